The second-order valence-corrected chi connectivity index (χ2v) is 7.16. The average Bonchev–Trinajstić information content (AvgIpc) is 3.24. The van der Waals surface area contributed by atoms with Gasteiger partial charge in [-0.15, -0.1) is 24.0 Å². The monoisotopic (exact) mass is 509 g/mol. The van der Waals surface area contributed by atoms with Crippen molar-refractivity contribution >= 4 is 29.9 Å². The van der Waals surface area contributed by atoms with Crippen molar-refractivity contribution in [3.63, 3.8) is 0 Å². The number of ether oxygens (including phenoxy) is 2. The molecule has 1 atom stereocenters. The molecule has 29 heavy (non-hydrogen) atoms. The molecule has 1 aliphatic rings. The zero-order chi connectivity index (χ0) is 19.6. The van der Waals surface area contributed by atoms with E-state index in [1.807, 2.05) is 36.4 Å². The molecule has 158 valence electrons. The third-order valence-corrected chi connectivity index (χ3v) is 4.86. The summed E-state index contributed by atoms with van der Waals surface area (Å²) < 4.78 is 11.6. The van der Waals surface area contributed by atoms with Gasteiger partial charge in [0, 0.05) is 38.2 Å². The van der Waals surface area contributed by atoms with Crippen LogP contribution in [-0.4, -0.2) is 44.2 Å². The highest BCUT2D eigenvalue weighted by Crippen LogP contribution is 2.20. The normalized spacial score (nSPS) is 16.2. The maximum absolute atomic E-state index is 6.06. The smallest absolute Gasteiger partial charge is 0.193 e. The molecule has 6 heteroatoms. The second-order valence-electron chi connectivity index (χ2n) is 7.16. The van der Waals surface area contributed by atoms with Gasteiger partial charge in [-0.25, -0.2) is 4.99 Å². The summed E-state index contributed by atoms with van der Waals surface area (Å²) >= 11 is 0. The Balaban J connectivity index is 0.00000300. The predicted molar refractivity (Wildman–Crippen MR) is 129 cm³/mol. The highest BCUT2D eigenvalue weighted by Gasteiger charge is 2.19. The minimum atomic E-state index is 0. The minimum absolute atomic E-state index is 0. The first-order valence-electron chi connectivity index (χ1n) is 10.1. The number of para-hydroxylation sites is 1. The summed E-state index contributed by atoms with van der Waals surface area (Å²) in [6, 6.07) is 18.4. The van der Waals surface area contributed by atoms with Crippen molar-refractivity contribution in [2.24, 2.45) is 10.9 Å². The van der Waals surface area contributed by atoms with Crippen LogP contribution in [-0.2, 0) is 17.9 Å². The van der Waals surface area contributed by atoms with Crippen LogP contribution in [0, 0.1) is 5.92 Å². The zero-order valence-corrected chi connectivity index (χ0v) is 19.7. The van der Waals surface area contributed by atoms with Gasteiger partial charge >= 0.3 is 0 Å². The fourth-order valence-electron chi connectivity index (χ4n) is 3.34. The number of nitrogens with one attached hydrogen (secondary N) is 1. The Bertz CT molecular complexity index is 749. The first-order valence-corrected chi connectivity index (χ1v) is 10.1. The number of hydrogen-bond donors (Lipinski definition) is 1. The van der Waals surface area contributed by atoms with Crippen LogP contribution in [0.2, 0.25) is 0 Å². The van der Waals surface area contributed by atoms with Crippen molar-refractivity contribution < 1.29 is 9.47 Å². The molecule has 1 saturated heterocycles. The van der Waals surface area contributed by atoms with E-state index in [0.717, 1.165) is 55.6 Å². The fourth-order valence-corrected chi connectivity index (χ4v) is 3.34. The summed E-state index contributed by atoms with van der Waals surface area (Å²) in [5, 5.41) is 3.40. The van der Waals surface area contributed by atoms with E-state index in [1.165, 1.54) is 0 Å². The first kappa shape index (κ1) is 23.5. The number of aliphatic imine (C=N–C) groups is 1. The van der Waals surface area contributed by atoms with Crippen molar-refractivity contribution in [3.8, 4) is 5.75 Å². The van der Waals surface area contributed by atoms with Gasteiger partial charge in [0.1, 0.15) is 12.4 Å². The Morgan fingerprint density at radius 1 is 1.17 bits per heavy atom. The van der Waals surface area contributed by atoms with E-state index in [9.17, 15) is 0 Å². The van der Waals surface area contributed by atoms with Gasteiger partial charge in [-0.3, -0.25) is 0 Å². The van der Waals surface area contributed by atoms with Crippen LogP contribution in [0.25, 0.3) is 0 Å². The lowest BCUT2D eigenvalue weighted by Crippen LogP contribution is -2.41. The molecule has 1 fully saturated rings. The summed E-state index contributed by atoms with van der Waals surface area (Å²) in [6.07, 6.45) is 1.12. The molecule has 0 amide bonds. The van der Waals surface area contributed by atoms with Gasteiger partial charge in [-0.05, 0) is 25.0 Å². The van der Waals surface area contributed by atoms with E-state index in [2.05, 4.69) is 42.4 Å². The Morgan fingerprint density at radius 2 is 1.93 bits per heavy atom. The molecular weight excluding hydrogens is 477 g/mol. The molecule has 0 aromatic heterocycles. The third-order valence-electron chi connectivity index (χ3n) is 4.86. The largest absolute Gasteiger partial charge is 0.489 e. The summed E-state index contributed by atoms with van der Waals surface area (Å²) in [5.74, 6) is 2.39. The molecule has 0 aliphatic carbocycles. The van der Waals surface area contributed by atoms with Crippen molar-refractivity contribution in [2.75, 3.05) is 33.4 Å². The third kappa shape index (κ3) is 7.51. The van der Waals surface area contributed by atoms with E-state index in [1.54, 1.807) is 0 Å². The van der Waals surface area contributed by atoms with E-state index < -0.39 is 0 Å². The van der Waals surface area contributed by atoms with Crippen LogP contribution >= 0.6 is 24.0 Å². The van der Waals surface area contributed by atoms with Gasteiger partial charge < -0.3 is 19.7 Å². The van der Waals surface area contributed by atoms with Crippen LogP contribution in [0.5, 0.6) is 5.75 Å². The van der Waals surface area contributed by atoms with Crippen molar-refractivity contribution in [1.82, 2.24) is 10.2 Å². The molecule has 0 radical (unpaired) electrons. The van der Waals surface area contributed by atoms with Crippen molar-refractivity contribution in [1.29, 1.82) is 0 Å². The standard InChI is InChI=1S/C23H31N3O2.HI/c1-3-24-23(26(2)16-20-13-14-27-17-20)25-15-21-11-7-8-12-22(21)28-18-19-9-5-4-6-10-19;/h4-12,20H,3,13-18H2,1-2H3,(H,24,25);1H. The molecule has 1 unspecified atom stereocenters. The Kier molecular flexibility index (Phi) is 10.3. The molecule has 0 bridgehead atoms. The second kappa shape index (κ2) is 12.7. The summed E-state index contributed by atoms with van der Waals surface area (Å²) in [7, 11) is 2.09. The topological polar surface area (TPSA) is 46.1 Å². The highest BCUT2D eigenvalue weighted by molar-refractivity contribution is 14.0. The lowest BCUT2D eigenvalue weighted by atomic mass is 10.1. The molecular formula is C23H32IN3O2. The van der Waals surface area contributed by atoms with Gasteiger partial charge in [-0.2, -0.15) is 0 Å². The maximum Gasteiger partial charge on any atom is 0.193 e. The Morgan fingerprint density at radius 3 is 2.66 bits per heavy atom. The van der Waals surface area contributed by atoms with Crippen molar-refractivity contribution in [2.45, 2.75) is 26.5 Å². The minimum Gasteiger partial charge on any atom is -0.489 e. The summed E-state index contributed by atoms with van der Waals surface area (Å²) in [6.45, 7) is 6.76. The molecule has 2 aromatic rings. The molecule has 3 rings (SSSR count). The van der Waals surface area contributed by atoms with Gasteiger partial charge in [0.05, 0.1) is 13.2 Å². The molecule has 2 aromatic carbocycles. The predicted octanol–water partition coefficient (Wildman–Crippen LogP) is 4.32. The van der Waals surface area contributed by atoms with E-state index in [-0.39, 0.29) is 24.0 Å². The SMILES string of the molecule is CCNC(=NCc1ccccc1OCc1ccccc1)N(C)CC1CCOC1.I. The average molecular weight is 509 g/mol. The number of halogens is 1. The van der Waals surface area contributed by atoms with Crippen LogP contribution in [0.1, 0.15) is 24.5 Å². The zero-order valence-electron chi connectivity index (χ0n) is 17.3. The number of guanidine groups is 1. The Hall–Kier alpha value is -1.80. The molecule has 1 N–H and O–H groups in total. The first-order chi connectivity index (χ1) is 13.8. The molecule has 1 heterocycles. The van der Waals surface area contributed by atoms with Crippen LogP contribution in [0.3, 0.4) is 0 Å². The summed E-state index contributed by atoms with van der Waals surface area (Å²) in [5.41, 5.74) is 2.25. The molecule has 0 spiro atoms. The van der Waals surface area contributed by atoms with E-state index in [0.29, 0.717) is 19.1 Å². The number of hydrogen-bond acceptors (Lipinski definition) is 3. The van der Waals surface area contributed by atoms with Crippen molar-refractivity contribution in [3.05, 3.63) is 65.7 Å². The van der Waals surface area contributed by atoms with Gasteiger partial charge in [0.25, 0.3) is 0 Å². The van der Waals surface area contributed by atoms with Gasteiger partial charge in [0.15, 0.2) is 5.96 Å². The fraction of sp³-hybridized carbons (Fsp3) is 0.435. The maximum atomic E-state index is 6.06. The number of nitrogens with zero attached hydrogens (tertiary/aromatic N) is 2. The van der Waals surface area contributed by atoms with Gasteiger partial charge in [0.2, 0.25) is 0 Å². The molecule has 0 saturated carbocycles. The Labute approximate surface area is 191 Å². The molecule has 1 aliphatic heterocycles. The van der Waals surface area contributed by atoms with Crippen LogP contribution < -0.4 is 10.1 Å². The van der Waals surface area contributed by atoms with Crippen LogP contribution in [0.15, 0.2) is 59.6 Å². The number of rotatable bonds is 8. The lowest BCUT2D eigenvalue weighted by molar-refractivity contribution is 0.181. The lowest BCUT2D eigenvalue weighted by Gasteiger charge is -2.24. The van der Waals surface area contributed by atoms with Gasteiger partial charge in [-0.1, -0.05) is 48.5 Å². The molecule has 5 nitrogen and oxygen atoms in total. The quantitative estimate of drug-likeness (QED) is 0.327. The highest BCUT2D eigenvalue weighted by atomic mass is 127. The van der Waals surface area contributed by atoms with Crippen LogP contribution in [0.4, 0.5) is 0 Å². The number of benzene rings is 2. The van der Waals surface area contributed by atoms with E-state index in [4.69, 9.17) is 14.5 Å². The summed E-state index contributed by atoms with van der Waals surface area (Å²) in [4.78, 5) is 7.06. The van der Waals surface area contributed by atoms with E-state index >= 15 is 0 Å².